The lowest BCUT2D eigenvalue weighted by molar-refractivity contribution is 1.11. The number of anilines is 1. The van der Waals surface area contributed by atoms with E-state index in [9.17, 15) is 0 Å². The molecule has 0 radical (unpaired) electrons. The lowest BCUT2D eigenvalue weighted by Crippen LogP contribution is -2.15. The van der Waals surface area contributed by atoms with Crippen molar-refractivity contribution in [3.63, 3.8) is 0 Å². The molecule has 0 aliphatic carbocycles. The van der Waals surface area contributed by atoms with Crippen molar-refractivity contribution in [2.45, 2.75) is 6.92 Å². The summed E-state index contributed by atoms with van der Waals surface area (Å²) in [5, 5.41) is 0.718. The summed E-state index contributed by atoms with van der Waals surface area (Å²) < 4.78 is 0. The number of rotatable bonds is 4. The molecule has 4 heteroatoms. The number of hydrogen-bond acceptors (Lipinski definition) is 2. The average molecular weight is 276 g/mol. The summed E-state index contributed by atoms with van der Waals surface area (Å²) in [5.74, 6) is 0. The van der Waals surface area contributed by atoms with Crippen molar-refractivity contribution < 1.29 is 0 Å². The maximum Gasteiger partial charge on any atom is 0.0902 e. The third kappa shape index (κ3) is 2.99. The van der Waals surface area contributed by atoms with Crippen LogP contribution in [0.4, 0.5) is 5.69 Å². The molecule has 0 unspecified atom stereocenters. The predicted molar refractivity (Wildman–Crippen MR) is 82.8 cm³/mol. The normalized spacial score (nSPS) is 11.7. The third-order valence-electron chi connectivity index (χ3n) is 2.86. The van der Waals surface area contributed by atoms with E-state index in [0.717, 1.165) is 34.2 Å². The predicted octanol–water partition coefficient (Wildman–Crippen LogP) is 3.59. The summed E-state index contributed by atoms with van der Waals surface area (Å²) in [6.07, 6.45) is 1.90. The minimum absolute atomic E-state index is 0.718. The second-order valence-electron chi connectivity index (χ2n) is 4.46. The Morgan fingerprint density at radius 2 is 2.11 bits per heavy atom. The van der Waals surface area contributed by atoms with Gasteiger partial charge in [-0.1, -0.05) is 11.6 Å². The van der Waals surface area contributed by atoms with Crippen molar-refractivity contribution in [3.05, 3.63) is 52.8 Å². The van der Waals surface area contributed by atoms with Crippen molar-refractivity contribution in [1.82, 2.24) is 4.98 Å². The summed E-state index contributed by atoms with van der Waals surface area (Å²) in [6.45, 7) is 2.76. The molecule has 0 atom stereocenters. The number of aliphatic imine (C=N–C) groups is 1. The first-order chi connectivity index (χ1) is 9.13. The zero-order valence-electron chi connectivity index (χ0n) is 11.4. The highest BCUT2D eigenvalue weighted by Crippen LogP contribution is 2.25. The van der Waals surface area contributed by atoms with Crippen LogP contribution in [0.25, 0.3) is 0 Å². The molecule has 3 nitrogen and oxygen atoms in total. The quantitative estimate of drug-likeness (QED) is 0.850. The van der Waals surface area contributed by atoms with E-state index in [1.54, 1.807) is 0 Å². The maximum atomic E-state index is 6.14. The van der Waals surface area contributed by atoms with Crippen LogP contribution in [0.3, 0.4) is 0 Å². The Labute approximate surface area is 118 Å². The number of nitrogens with zero attached hydrogens (tertiary/aromatic N) is 2. The number of nitrogens with one attached hydrogen (secondary N) is 1. The number of halogens is 1. The van der Waals surface area contributed by atoms with Gasteiger partial charge in [-0.05, 0) is 37.3 Å². The number of aromatic nitrogens is 1. The Morgan fingerprint density at radius 1 is 1.32 bits per heavy atom. The molecular weight excluding hydrogens is 258 g/mol. The third-order valence-corrected chi connectivity index (χ3v) is 3.10. The molecule has 2 rings (SSSR count). The standard InChI is InChI=1S/C15H18ClN3/c1-4-17-15(13-6-5-9-18-13)12-10-11(16)7-8-14(12)19(2)3/h5-10,18H,4H2,1-3H3. The number of H-pyrrole nitrogens is 1. The van der Waals surface area contributed by atoms with Crippen LogP contribution in [0.1, 0.15) is 18.2 Å². The van der Waals surface area contributed by atoms with Gasteiger partial charge in [-0.15, -0.1) is 0 Å². The van der Waals surface area contributed by atoms with Gasteiger partial charge >= 0.3 is 0 Å². The van der Waals surface area contributed by atoms with E-state index in [1.807, 2.05) is 57.5 Å². The molecule has 19 heavy (non-hydrogen) atoms. The van der Waals surface area contributed by atoms with Gasteiger partial charge in [0.15, 0.2) is 0 Å². The van der Waals surface area contributed by atoms with Gasteiger partial charge in [0, 0.05) is 43.1 Å². The van der Waals surface area contributed by atoms with E-state index in [2.05, 4.69) is 14.9 Å². The first kappa shape index (κ1) is 13.7. The van der Waals surface area contributed by atoms with Gasteiger partial charge in [0.2, 0.25) is 0 Å². The highest BCUT2D eigenvalue weighted by molar-refractivity contribution is 6.31. The molecule has 2 aromatic rings. The summed E-state index contributed by atoms with van der Waals surface area (Å²) in [7, 11) is 4.04. The minimum Gasteiger partial charge on any atom is -0.377 e. The van der Waals surface area contributed by atoms with Gasteiger partial charge in [0.05, 0.1) is 11.4 Å². The van der Waals surface area contributed by atoms with E-state index in [4.69, 9.17) is 11.6 Å². The molecule has 1 heterocycles. The monoisotopic (exact) mass is 275 g/mol. The highest BCUT2D eigenvalue weighted by atomic mass is 35.5. The zero-order valence-corrected chi connectivity index (χ0v) is 12.2. The summed E-state index contributed by atoms with van der Waals surface area (Å²) in [5.41, 5.74) is 4.10. The van der Waals surface area contributed by atoms with Crippen LogP contribution in [0.15, 0.2) is 41.5 Å². The molecule has 1 N–H and O–H groups in total. The first-order valence-corrected chi connectivity index (χ1v) is 6.66. The van der Waals surface area contributed by atoms with E-state index < -0.39 is 0 Å². The van der Waals surface area contributed by atoms with E-state index in [1.165, 1.54) is 0 Å². The maximum absolute atomic E-state index is 6.14. The van der Waals surface area contributed by atoms with Gasteiger partial charge in [-0.3, -0.25) is 4.99 Å². The van der Waals surface area contributed by atoms with Crippen molar-refractivity contribution in [2.24, 2.45) is 4.99 Å². The highest BCUT2D eigenvalue weighted by Gasteiger charge is 2.14. The van der Waals surface area contributed by atoms with Crippen LogP contribution >= 0.6 is 11.6 Å². The molecular formula is C15H18ClN3. The van der Waals surface area contributed by atoms with Gasteiger partial charge < -0.3 is 9.88 Å². The molecule has 0 aliphatic heterocycles. The number of aromatic amines is 1. The van der Waals surface area contributed by atoms with Gasteiger partial charge in [-0.2, -0.15) is 0 Å². The summed E-state index contributed by atoms with van der Waals surface area (Å²) >= 11 is 6.14. The lowest BCUT2D eigenvalue weighted by Gasteiger charge is -2.18. The van der Waals surface area contributed by atoms with Crippen molar-refractivity contribution in [1.29, 1.82) is 0 Å². The first-order valence-electron chi connectivity index (χ1n) is 6.29. The smallest absolute Gasteiger partial charge is 0.0902 e. The van der Waals surface area contributed by atoms with E-state index in [-0.39, 0.29) is 0 Å². The van der Waals surface area contributed by atoms with Crippen LogP contribution in [-0.2, 0) is 0 Å². The Balaban J connectivity index is 2.60. The molecule has 0 spiro atoms. The van der Waals surface area contributed by atoms with Crippen LogP contribution in [0, 0.1) is 0 Å². The zero-order chi connectivity index (χ0) is 13.8. The fourth-order valence-electron chi connectivity index (χ4n) is 2.04. The van der Waals surface area contributed by atoms with Crippen molar-refractivity contribution in [2.75, 3.05) is 25.5 Å². The van der Waals surface area contributed by atoms with E-state index >= 15 is 0 Å². The van der Waals surface area contributed by atoms with Crippen LogP contribution in [0.5, 0.6) is 0 Å². The van der Waals surface area contributed by atoms with Crippen LogP contribution in [-0.4, -0.2) is 31.3 Å². The molecule has 1 aromatic carbocycles. The summed E-state index contributed by atoms with van der Waals surface area (Å²) in [4.78, 5) is 9.90. The second kappa shape index (κ2) is 5.93. The average Bonchev–Trinajstić information content (AvgIpc) is 2.89. The Hall–Kier alpha value is -1.74. The van der Waals surface area contributed by atoms with Crippen molar-refractivity contribution >= 4 is 23.0 Å². The van der Waals surface area contributed by atoms with Crippen LogP contribution in [0.2, 0.25) is 5.02 Å². The Morgan fingerprint density at radius 3 is 2.68 bits per heavy atom. The summed E-state index contributed by atoms with van der Waals surface area (Å²) in [6, 6.07) is 9.88. The van der Waals surface area contributed by atoms with Crippen LogP contribution < -0.4 is 4.90 Å². The molecule has 1 aromatic heterocycles. The lowest BCUT2D eigenvalue weighted by atomic mass is 10.0. The molecule has 0 aliphatic rings. The molecule has 0 bridgehead atoms. The fraction of sp³-hybridized carbons (Fsp3) is 0.267. The Bertz CT molecular complexity index is 571. The molecule has 0 fully saturated rings. The number of hydrogen-bond donors (Lipinski definition) is 1. The molecule has 0 saturated heterocycles. The van der Waals surface area contributed by atoms with Crippen molar-refractivity contribution in [3.8, 4) is 0 Å². The molecule has 100 valence electrons. The van der Waals surface area contributed by atoms with Gasteiger partial charge in [-0.25, -0.2) is 0 Å². The topological polar surface area (TPSA) is 31.4 Å². The van der Waals surface area contributed by atoms with Gasteiger partial charge in [0.1, 0.15) is 0 Å². The Kier molecular flexibility index (Phi) is 4.27. The molecule has 0 saturated carbocycles. The second-order valence-corrected chi connectivity index (χ2v) is 4.90. The largest absolute Gasteiger partial charge is 0.377 e. The molecule has 0 amide bonds. The van der Waals surface area contributed by atoms with E-state index in [0.29, 0.717) is 0 Å². The SMILES string of the molecule is CCN=C(c1ccc[nH]1)c1cc(Cl)ccc1N(C)C. The number of benzene rings is 1. The van der Waals surface area contributed by atoms with Gasteiger partial charge in [0.25, 0.3) is 0 Å². The minimum atomic E-state index is 0.718. The fourth-order valence-corrected chi connectivity index (χ4v) is 2.21.